The van der Waals surface area contributed by atoms with Crippen molar-refractivity contribution in [2.45, 2.75) is 38.6 Å². The van der Waals surface area contributed by atoms with Gasteiger partial charge in [-0.3, -0.25) is 4.79 Å². The average molecular weight is 264 g/mol. The maximum Gasteiger partial charge on any atom is 0.254 e. The van der Waals surface area contributed by atoms with Crippen LogP contribution in [0.1, 0.15) is 41.6 Å². The van der Waals surface area contributed by atoms with Crippen LogP contribution >= 0.6 is 0 Å². The van der Waals surface area contributed by atoms with Crippen molar-refractivity contribution < 1.29 is 9.18 Å². The van der Waals surface area contributed by atoms with Crippen LogP contribution in [0.5, 0.6) is 0 Å². The fourth-order valence-corrected chi connectivity index (χ4v) is 2.61. The summed E-state index contributed by atoms with van der Waals surface area (Å²) in [6.07, 6.45) is 4.38. The van der Waals surface area contributed by atoms with Gasteiger partial charge in [0.2, 0.25) is 0 Å². The molecule has 0 radical (unpaired) electrons. The Hall–Kier alpha value is -1.42. The van der Waals surface area contributed by atoms with Gasteiger partial charge in [0.15, 0.2) is 0 Å². The minimum Gasteiger partial charge on any atom is -0.352 e. The highest BCUT2D eigenvalue weighted by molar-refractivity contribution is 5.94. The molecule has 0 aliphatic heterocycles. The summed E-state index contributed by atoms with van der Waals surface area (Å²) in [6.45, 7) is 2.33. The molecule has 1 amide bonds. The van der Waals surface area contributed by atoms with Crippen molar-refractivity contribution in [3.63, 3.8) is 0 Å². The first kappa shape index (κ1) is 14.0. The van der Waals surface area contributed by atoms with Crippen LogP contribution in [0.2, 0.25) is 0 Å². The molecule has 0 spiro atoms. The third-order valence-corrected chi connectivity index (χ3v) is 3.86. The number of amides is 1. The molecule has 4 heteroatoms. The van der Waals surface area contributed by atoms with Gasteiger partial charge in [0.1, 0.15) is 5.82 Å². The Kier molecular flexibility index (Phi) is 4.53. The van der Waals surface area contributed by atoms with Gasteiger partial charge in [-0.15, -0.1) is 0 Å². The molecule has 2 unspecified atom stereocenters. The lowest BCUT2D eigenvalue weighted by molar-refractivity contribution is 0.0937. The third-order valence-electron chi connectivity index (χ3n) is 3.86. The number of nitrogens with two attached hydrogens (primary N) is 1. The number of nitrogens with one attached hydrogen (secondary N) is 1. The lowest BCUT2D eigenvalue weighted by Gasteiger charge is -2.28. The van der Waals surface area contributed by atoms with E-state index in [1.54, 1.807) is 13.0 Å². The van der Waals surface area contributed by atoms with Crippen molar-refractivity contribution in [3.05, 3.63) is 35.1 Å². The van der Waals surface area contributed by atoms with Gasteiger partial charge in [0.25, 0.3) is 5.91 Å². The Morgan fingerprint density at radius 3 is 2.84 bits per heavy atom. The maximum absolute atomic E-state index is 13.7. The van der Waals surface area contributed by atoms with Crippen molar-refractivity contribution in [1.29, 1.82) is 0 Å². The van der Waals surface area contributed by atoms with Crippen molar-refractivity contribution in [3.8, 4) is 0 Å². The Labute approximate surface area is 113 Å². The van der Waals surface area contributed by atoms with Gasteiger partial charge in [0.05, 0.1) is 5.56 Å². The molecule has 2 rings (SSSR count). The predicted molar refractivity (Wildman–Crippen MR) is 73.4 cm³/mol. The molecule has 104 valence electrons. The molecule has 1 aromatic carbocycles. The summed E-state index contributed by atoms with van der Waals surface area (Å²) in [5, 5.41) is 2.80. The van der Waals surface area contributed by atoms with E-state index in [0.717, 1.165) is 31.2 Å². The summed E-state index contributed by atoms with van der Waals surface area (Å²) in [5.74, 6) is -0.507. The Morgan fingerprint density at radius 1 is 1.42 bits per heavy atom. The van der Waals surface area contributed by atoms with E-state index < -0.39 is 5.82 Å². The second-order valence-corrected chi connectivity index (χ2v) is 5.40. The second-order valence-electron chi connectivity index (χ2n) is 5.40. The number of carbonyl (C=O) groups is 1. The van der Waals surface area contributed by atoms with Crippen molar-refractivity contribution in [2.24, 2.45) is 11.7 Å². The molecule has 0 bridgehead atoms. The van der Waals surface area contributed by atoms with Gasteiger partial charge in [-0.1, -0.05) is 18.9 Å². The minimum atomic E-state index is -0.467. The molecule has 19 heavy (non-hydrogen) atoms. The topological polar surface area (TPSA) is 55.1 Å². The molecule has 3 N–H and O–H groups in total. The predicted octanol–water partition coefficient (Wildman–Crippen LogP) is 2.38. The van der Waals surface area contributed by atoms with E-state index in [2.05, 4.69) is 5.32 Å². The van der Waals surface area contributed by atoms with Crippen LogP contribution in [0.4, 0.5) is 4.39 Å². The SMILES string of the molecule is Cc1ccc(C(=O)NCC2CCCCC2N)c(F)c1. The Morgan fingerprint density at radius 2 is 2.16 bits per heavy atom. The van der Waals surface area contributed by atoms with Crippen LogP contribution in [0.15, 0.2) is 18.2 Å². The number of carbonyl (C=O) groups excluding carboxylic acids is 1. The first-order valence-corrected chi connectivity index (χ1v) is 6.88. The maximum atomic E-state index is 13.7. The number of hydrogen-bond donors (Lipinski definition) is 2. The van der Waals surface area contributed by atoms with Crippen LogP contribution in [-0.2, 0) is 0 Å². The highest BCUT2D eigenvalue weighted by Gasteiger charge is 2.22. The van der Waals surface area contributed by atoms with Gasteiger partial charge in [-0.25, -0.2) is 4.39 Å². The molecular formula is C15H21FN2O. The molecule has 1 aromatic rings. The molecule has 0 saturated heterocycles. The summed E-state index contributed by atoms with van der Waals surface area (Å²) < 4.78 is 13.7. The molecule has 1 fully saturated rings. The number of rotatable bonds is 3. The number of aryl methyl sites for hydroxylation is 1. The lowest BCUT2D eigenvalue weighted by Crippen LogP contribution is -2.41. The van der Waals surface area contributed by atoms with Gasteiger partial charge in [-0.2, -0.15) is 0 Å². The molecule has 0 heterocycles. The van der Waals surface area contributed by atoms with E-state index in [0.29, 0.717) is 12.5 Å². The van der Waals surface area contributed by atoms with Gasteiger partial charge in [0, 0.05) is 12.6 Å². The van der Waals surface area contributed by atoms with Gasteiger partial charge in [-0.05, 0) is 43.4 Å². The molecule has 1 aliphatic carbocycles. The van der Waals surface area contributed by atoms with Crippen molar-refractivity contribution >= 4 is 5.91 Å². The van der Waals surface area contributed by atoms with Crippen LogP contribution in [-0.4, -0.2) is 18.5 Å². The lowest BCUT2D eigenvalue weighted by atomic mass is 9.85. The zero-order chi connectivity index (χ0) is 13.8. The van der Waals surface area contributed by atoms with Crippen molar-refractivity contribution in [1.82, 2.24) is 5.32 Å². The summed E-state index contributed by atoms with van der Waals surface area (Å²) in [5.41, 5.74) is 6.94. The fraction of sp³-hybridized carbons (Fsp3) is 0.533. The first-order chi connectivity index (χ1) is 9.08. The molecular weight excluding hydrogens is 243 g/mol. The highest BCUT2D eigenvalue weighted by Crippen LogP contribution is 2.22. The molecule has 3 nitrogen and oxygen atoms in total. The van der Waals surface area contributed by atoms with Gasteiger partial charge < -0.3 is 11.1 Å². The smallest absolute Gasteiger partial charge is 0.254 e. The van der Waals surface area contributed by atoms with Crippen LogP contribution in [0, 0.1) is 18.7 Å². The average Bonchev–Trinajstić information content (AvgIpc) is 2.37. The summed E-state index contributed by atoms with van der Waals surface area (Å²) in [6, 6.07) is 4.80. The highest BCUT2D eigenvalue weighted by atomic mass is 19.1. The number of halogens is 1. The summed E-state index contributed by atoms with van der Waals surface area (Å²) >= 11 is 0. The van der Waals surface area contributed by atoms with Crippen LogP contribution in [0.3, 0.4) is 0 Å². The Bertz CT molecular complexity index is 461. The first-order valence-electron chi connectivity index (χ1n) is 6.88. The summed E-state index contributed by atoms with van der Waals surface area (Å²) in [7, 11) is 0. The Balaban J connectivity index is 1.93. The molecule has 1 saturated carbocycles. The molecule has 1 aliphatic rings. The van der Waals surface area contributed by atoms with E-state index >= 15 is 0 Å². The van der Waals surface area contributed by atoms with Crippen LogP contribution < -0.4 is 11.1 Å². The van der Waals surface area contributed by atoms with E-state index in [1.165, 1.54) is 12.1 Å². The molecule has 2 atom stereocenters. The zero-order valence-corrected chi connectivity index (χ0v) is 11.3. The number of hydrogen-bond acceptors (Lipinski definition) is 2. The fourth-order valence-electron chi connectivity index (χ4n) is 2.61. The molecule has 0 aromatic heterocycles. The van der Waals surface area contributed by atoms with E-state index in [-0.39, 0.29) is 17.5 Å². The normalized spacial score (nSPS) is 23.1. The summed E-state index contributed by atoms with van der Waals surface area (Å²) in [4.78, 5) is 11.9. The van der Waals surface area contributed by atoms with E-state index in [9.17, 15) is 9.18 Å². The minimum absolute atomic E-state index is 0.106. The van der Waals surface area contributed by atoms with E-state index in [1.807, 2.05) is 0 Å². The quantitative estimate of drug-likeness (QED) is 0.880. The monoisotopic (exact) mass is 264 g/mol. The van der Waals surface area contributed by atoms with Crippen molar-refractivity contribution in [2.75, 3.05) is 6.54 Å². The number of benzene rings is 1. The van der Waals surface area contributed by atoms with Gasteiger partial charge >= 0.3 is 0 Å². The largest absolute Gasteiger partial charge is 0.352 e. The van der Waals surface area contributed by atoms with Crippen LogP contribution in [0.25, 0.3) is 0 Å². The second kappa shape index (κ2) is 6.15. The zero-order valence-electron chi connectivity index (χ0n) is 11.3. The van der Waals surface area contributed by atoms with E-state index in [4.69, 9.17) is 5.73 Å². The standard InChI is InChI=1S/C15H21FN2O/c1-10-6-7-12(13(16)8-10)15(19)18-9-11-4-2-3-5-14(11)17/h6-8,11,14H,2-5,9,17H2,1H3,(H,18,19). The third kappa shape index (κ3) is 3.53.